The molecule has 2 N–H and O–H groups in total. The fourth-order valence-electron chi connectivity index (χ4n) is 4.85. The summed E-state index contributed by atoms with van der Waals surface area (Å²) < 4.78 is 1.73. The van der Waals surface area contributed by atoms with Crippen LogP contribution >= 0.6 is 0 Å². The molecule has 9 heteroatoms. The first-order chi connectivity index (χ1) is 13.9. The molecule has 4 amide bonds. The molecule has 4 aliphatic rings. The van der Waals surface area contributed by atoms with Crippen molar-refractivity contribution in [1.82, 2.24) is 25.0 Å². The summed E-state index contributed by atoms with van der Waals surface area (Å²) in [6.07, 6.45) is 4.58. The van der Waals surface area contributed by atoms with E-state index in [1.807, 2.05) is 0 Å². The summed E-state index contributed by atoms with van der Waals surface area (Å²) in [6, 6.07) is 1.63. The average Bonchev–Trinajstić information content (AvgIpc) is 3.15. The standard InChI is InChI=1S/C20H25N5O4/c1-23-7-2-3-14(23)19(28)24-8-6-13-16(24)20(29)25-10-12(9-15(25)18(27)22-13)21-17(26)11-4-5-11/h2-3,7,11-13,15-16H,4-6,8-10H2,1H3,(H,21,26)(H,22,27). The molecule has 1 aromatic heterocycles. The molecule has 3 saturated heterocycles. The van der Waals surface area contributed by atoms with Gasteiger partial charge in [0.25, 0.3) is 5.91 Å². The molecule has 4 unspecified atom stereocenters. The van der Waals surface area contributed by atoms with Gasteiger partial charge in [-0.25, -0.2) is 0 Å². The van der Waals surface area contributed by atoms with E-state index in [2.05, 4.69) is 10.6 Å². The summed E-state index contributed by atoms with van der Waals surface area (Å²) in [4.78, 5) is 54.6. The smallest absolute Gasteiger partial charge is 0.271 e. The fraction of sp³-hybridized carbons (Fsp3) is 0.600. The van der Waals surface area contributed by atoms with Crippen LogP contribution in [0.2, 0.25) is 0 Å². The van der Waals surface area contributed by atoms with Crippen LogP contribution in [-0.4, -0.2) is 75.3 Å². The Morgan fingerprint density at radius 2 is 2.00 bits per heavy atom. The van der Waals surface area contributed by atoms with Crippen LogP contribution in [0, 0.1) is 5.92 Å². The second kappa shape index (κ2) is 6.60. The van der Waals surface area contributed by atoms with E-state index in [9.17, 15) is 19.2 Å². The zero-order valence-corrected chi connectivity index (χ0v) is 16.3. The number of likely N-dealkylation sites (tertiary alicyclic amines) is 1. The highest BCUT2D eigenvalue weighted by molar-refractivity contribution is 6.00. The first-order valence-corrected chi connectivity index (χ1v) is 10.3. The lowest BCUT2D eigenvalue weighted by Crippen LogP contribution is -2.52. The van der Waals surface area contributed by atoms with Crippen molar-refractivity contribution in [2.45, 2.75) is 49.9 Å². The third kappa shape index (κ3) is 2.99. The van der Waals surface area contributed by atoms with E-state index in [1.165, 1.54) is 0 Å². The van der Waals surface area contributed by atoms with Crippen LogP contribution in [-0.2, 0) is 21.4 Å². The lowest BCUT2D eigenvalue weighted by molar-refractivity contribution is -0.138. The van der Waals surface area contributed by atoms with Gasteiger partial charge in [0.2, 0.25) is 17.7 Å². The molecule has 29 heavy (non-hydrogen) atoms. The molecule has 9 nitrogen and oxygen atoms in total. The van der Waals surface area contributed by atoms with Gasteiger partial charge in [-0.15, -0.1) is 0 Å². The molecule has 4 atom stereocenters. The summed E-state index contributed by atoms with van der Waals surface area (Å²) >= 11 is 0. The van der Waals surface area contributed by atoms with Crippen molar-refractivity contribution in [3.05, 3.63) is 24.0 Å². The lowest BCUT2D eigenvalue weighted by Gasteiger charge is -2.29. The second-order valence-corrected chi connectivity index (χ2v) is 8.57. The van der Waals surface area contributed by atoms with E-state index in [-0.39, 0.29) is 41.6 Å². The molecular formula is C20H25N5O4. The van der Waals surface area contributed by atoms with Crippen LogP contribution in [0.3, 0.4) is 0 Å². The molecule has 1 saturated carbocycles. The van der Waals surface area contributed by atoms with E-state index in [4.69, 9.17) is 0 Å². The maximum Gasteiger partial charge on any atom is 0.271 e. The van der Waals surface area contributed by atoms with Crippen molar-refractivity contribution in [3.63, 3.8) is 0 Å². The van der Waals surface area contributed by atoms with Gasteiger partial charge in [0.1, 0.15) is 17.8 Å². The SMILES string of the molecule is Cn1cccc1C(=O)N1CCC2NC(=O)C3CC(NC(=O)C4CC4)CN3C(=O)C21. The van der Waals surface area contributed by atoms with E-state index < -0.39 is 12.1 Å². The number of amides is 4. The monoisotopic (exact) mass is 399 g/mol. The van der Waals surface area contributed by atoms with Crippen molar-refractivity contribution in [2.75, 3.05) is 13.1 Å². The molecule has 1 aliphatic carbocycles. The summed E-state index contributed by atoms with van der Waals surface area (Å²) in [5.74, 6) is -0.509. The third-order valence-corrected chi connectivity index (χ3v) is 6.58. The van der Waals surface area contributed by atoms with Crippen LogP contribution < -0.4 is 10.6 Å². The number of nitrogens with zero attached hydrogens (tertiary/aromatic N) is 3. The largest absolute Gasteiger partial charge is 0.351 e. The molecule has 154 valence electrons. The van der Waals surface area contributed by atoms with Gasteiger partial charge in [-0.05, 0) is 37.8 Å². The van der Waals surface area contributed by atoms with Gasteiger partial charge in [-0.2, -0.15) is 0 Å². The zero-order valence-electron chi connectivity index (χ0n) is 16.3. The number of rotatable bonds is 3. The van der Waals surface area contributed by atoms with E-state index in [1.54, 1.807) is 39.7 Å². The maximum atomic E-state index is 13.4. The lowest BCUT2D eigenvalue weighted by atomic mass is 10.1. The van der Waals surface area contributed by atoms with Crippen molar-refractivity contribution < 1.29 is 19.2 Å². The molecule has 0 aromatic carbocycles. The van der Waals surface area contributed by atoms with Crippen LogP contribution in [0.4, 0.5) is 0 Å². The van der Waals surface area contributed by atoms with Gasteiger partial charge in [-0.1, -0.05) is 0 Å². The first kappa shape index (κ1) is 18.2. The third-order valence-electron chi connectivity index (χ3n) is 6.58. The van der Waals surface area contributed by atoms with E-state index >= 15 is 0 Å². The van der Waals surface area contributed by atoms with Gasteiger partial charge in [0, 0.05) is 38.3 Å². The van der Waals surface area contributed by atoms with E-state index in [0.717, 1.165) is 12.8 Å². The minimum atomic E-state index is -0.704. The summed E-state index contributed by atoms with van der Waals surface area (Å²) in [7, 11) is 1.79. The number of carbonyl (C=O) groups is 4. The average molecular weight is 399 g/mol. The van der Waals surface area contributed by atoms with Gasteiger partial charge in [0.05, 0.1) is 6.04 Å². The van der Waals surface area contributed by atoms with Crippen LogP contribution in [0.1, 0.15) is 36.2 Å². The van der Waals surface area contributed by atoms with Gasteiger partial charge in [0.15, 0.2) is 0 Å². The minimum Gasteiger partial charge on any atom is -0.351 e. The Hall–Kier alpha value is -2.84. The fourth-order valence-corrected chi connectivity index (χ4v) is 4.85. The van der Waals surface area contributed by atoms with Gasteiger partial charge < -0.3 is 25.0 Å². The van der Waals surface area contributed by atoms with Crippen molar-refractivity contribution in [1.29, 1.82) is 0 Å². The number of fused-ring (bicyclic) bond motifs is 2. The highest BCUT2D eigenvalue weighted by Gasteiger charge is 2.52. The second-order valence-electron chi connectivity index (χ2n) is 8.57. The Morgan fingerprint density at radius 3 is 2.69 bits per heavy atom. The summed E-state index contributed by atoms with van der Waals surface area (Å²) in [5.41, 5.74) is 0.515. The van der Waals surface area contributed by atoms with Gasteiger partial charge >= 0.3 is 0 Å². The summed E-state index contributed by atoms with van der Waals surface area (Å²) in [5, 5.41) is 5.97. The summed E-state index contributed by atoms with van der Waals surface area (Å²) in [6.45, 7) is 0.733. The molecule has 0 spiro atoms. The molecule has 0 bridgehead atoms. The normalized spacial score (nSPS) is 31.2. The van der Waals surface area contributed by atoms with E-state index in [0.29, 0.717) is 31.6 Å². The zero-order chi connectivity index (χ0) is 20.3. The maximum absolute atomic E-state index is 13.4. The van der Waals surface area contributed by atoms with Crippen LogP contribution in [0.5, 0.6) is 0 Å². The molecule has 4 fully saturated rings. The Bertz CT molecular complexity index is 891. The van der Waals surface area contributed by atoms with Crippen molar-refractivity contribution in [2.24, 2.45) is 13.0 Å². The molecule has 0 radical (unpaired) electrons. The number of hydrogen-bond acceptors (Lipinski definition) is 4. The topological polar surface area (TPSA) is 104 Å². The molecular weight excluding hydrogens is 374 g/mol. The molecule has 4 heterocycles. The van der Waals surface area contributed by atoms with Gasteiger partial charge in [-0.3, -0.25) is 19.2 Å². The number of hydrogen-bond donors (Lipinski definition) is 2. The number of aromatic nitrogens is 1. The predicted octanol–water partition coefficient (Wildman–Crippen LogP) is -0.766. The van der Waals surface area contributed by atoms with Crippen LogP contribution in [0.15, 0.2) is 18.3 Å². The highest BCUT2D eigenvalue weighted by atomic mass is 16.2. The Balaban J connectivity index is 1.37. The first-order valence-electron chi connectivity index (χ1n) is 10.3. The minimum absolute atomic E-state index is 0.0137. The molecule has 3 aliphatic heterocycles. The molecule has 5 rings (SSSR count). The highest BCUT2D eigenvalue weighted by Crippen LogP contribution is 2.32. The Morgan fingerprint density at radius 1 is 1.21 bits per heavy atom. The predicted molar refractivity (Wildman–Crippen MR) is 102 cm³/mol. The molecule has 1 aromatic rings. The van der Waals surface area contributed by atoms with Crippen molar-refractivity contribution in [3.8, 4) is 0 Å². The number of aryl methyl sites for hydroxylation is 1. The van der Waals surface area contributed by atoms with Crippen LogP contribution in [0.25, 0.3) is 0 Å². The quantitative estimate of drug-likeness (QED) is 0.697. The Labute approximate surface area is 168 Å². The Kier molecular flexibility index (Phi) is 4.15. The number of nitrogens with one attached hydrogen (secondary N) is 2. The number of carbonyl (C=O) groups excluding carboxylic acids is 4. The van der Waals surface area contributed by atoms with Crippen molar-refractivity contribution >= 4 is 23.6 Å².